The van der Waals surface area contributed by atoms with E-state index in [4.69, 9.17) is 0 Å². The van der Waals surface area contributed by atoms with Crippen LogP contribution >= 0.6 is 0 Å². The van der Waals surface area contributed by atoms with E-state index in [9.17, 15) is 13.2 Å². The van der Waals surface area contributed by atoms with Gasteiger partial charge in [-0.2, -0.15) is 5.10 Å². The van der Waals surface area contributed by atoms with Crippen molar-refractivity contribution in [3.8, 4) is 11.1 Å². The number of rotatable bonds is 7. The molecule has 4 rings (SSSR count). The maximum atomic E-state index is 12.7. The second-order valence-corrected chi connectivity index (χ2v) is 9.49. The molecule has 162 valence electrons. The molecule has 0 fully saturated rings. The van der Waals surface area contributed by atoms with E-state index in [0.717, 1.165) is 28.5 Å². The molecule has 32 heavy (non-hydrogen) atoms. The van der Waals surface area contributed by atoms with E-state index in [1.165, 1.54) is 12.1 Å². The van der Waals surface area contributed by atoms with Gasteiger partial charge in [0, 0.05) is 25.2 Å². The summed E-state index contributed by atoms with van der Waals surface area (Å²) in [4.78, 5) is 12.8. The van der Waals surface area contributed by atoms with E-state index in [2.05, 4.69) is 34.7 Å². The molecule has 0 saturated carbocycles. The molecule has 1 amide bonds. The molecule has 7 heteroatoms. The second-order valence-electron chi connectivity index (χ2n) is 7.51. The first-order valence-electron chi connectivity index (χ1n) is 10.1. The average molecular weight is 446 g/mol. The number of carbonyl (C=O) groups is 1. The fourth-order valence-electron chi connectivity index (χ4n) is 3.58. The van der Waals surface area contributed by atoms with E-state index in [1.54, 1.807) is 18.3 Å². The van der Waals surface area contributed by atoms with E-state index >= 15 is 0 Å². The average Bonchev–Trinajstić information content (AvgIpc) is 3.31. The largest absolute Gasteiger partial charge is 0.348 e. The highest BCUT2D eigenvalue weighted by molar-refractivity contribution is 7.90. The van der Waals surface area contributed by atoms with Crippen molar-refractivity contribution in [2.45, 2.75) is 18.0 Å². The summed E-state index contributed by atoms with van der Waals surface area (Å²) in [7, 11) is -3.50. The molecule has 3 aromatic carbocycles. The van der Waals surface area contributed by atoms with Gasteiger partial charge in [-0.1, -0.05) is 60.7 Å². The van der Waals surface area contributed by atoms with E-state index in [-0.39, 0.29) is 17.0 Å². The van der Waals surface area contributed by atoms with Crippen LogP contribution in [-0.2, 0) is 22.9 Å². The van der Waals surface area contributed by atoms with Crippen molar-refractivity contribution >= 4 is 15.7 Å². The topological polar surface area (TPSA) is 81.1 Å². The number of sulfone groups is 1. The lowest BCUT2D eigenvalue weighted by Crippen LogP contribution is -2.25. The highest BCUT2D eigenvalue weighted by Crippen LogP contribution is 2.24. The Morgan fingerprint density at radius 2 is 1.66 bits per heavy atom. The summed E-state index contributed by atoms with van der Waals surface area (Å²) in [5, 5.41) is 7.10. The predicted molar refractivity (Wildman–Crippen MR) is 124 cm³/mol. The first-order chi connectivity index (χ1) is 15.4. The zero-order valence-electron chi connectivity index (χ0n) is 17.6. The van der Waals surface area contributed by atoms with Gasteiger partial charge in [0.25, 0.3) is 5.91 Å². The molecule has 0 aliphatic heterocycles. The van der Waals surface area contributed by atoms with Crippen LogP contribution in [0.4, 0.5) is 0 Å². The van der Waals surface area contributed by atoms with Gasteiger partial charge in [-0.25, -0.2) is 8.42 Å². The highest BCUT2D eigenvalue weighted by atomic mass is 32.2. The third-order valence-corrected chi connectivity index (χ3v) is 6.31. The summed E-state index contributed by atoms with van der Waals surface area (Å²) in [6.07, 6.45) is 4.78. The normalized spacial score (nSPS) is 11.3. The van der Waals surface area contributed by atoms with Crippen molar-refractivity contribution in [1.29, 1.82) is 0 Å². The molecule has 6 nitrogen and oxygen atoms in total. The van der Waals surface area contributed by atoms with Crippen LogP contribution in [0.25, 0.3) is 11.1 Å². The fourth-order valence-corrected chi connectivity index (χ4v) is 4.46. The quantitative estimate of drug-likeness (QED) is 0.467. The van der Waals surface area contributed by atoms with Gasteiger partial charge in [0.2, 0.25) is 0 Å². The second kappa shape index (κ2) is 9.20. The van der Waals surface area contributed by atoms with Crippen LogP contribution < -0.4 is 5.32 Å². The van der Waals surface area contributed by atoms with Crippen LogP contribution in [0.15, 0.2) is 96.2 Å². The molecular weight excluding hydrogens is 422 g/mol. The van der Waals surface area contributed by atoms with Crippen molar-refractivity contribution in [2.75, 3.05) is 6.26 Å². The summed E-state index contributed by atoms with van der Waals surface area (Å²) < 4.78 is 25.9. The Hall–Kier alpha value is -3.71. The monoisotopic (exact) mass is 445 g/mol. The lowest BCUT2D eigenvalue weighted by atomic mass is 9.98. The summed E-state index contributed by atoms with van der Waals surface area (Å²) in [5.41, 5.74) is 4.28. The number of nitrogens with one attached hydrogen (secondary N) is 1. The van der Waals surface area contributed by atoms with Crippen molar-refractivity contribution in [1.82, 2.24) is 15.1 Å². The third-order valence-electron chi connectivity index (χ3n) is 5.16. The predicted octanol–water partition coefficient (Wildman–Crippen LogP) is 3.93. The molecule has 1 heterocycles. The highest BCUT2D eigenvalue weighted by Gasteiger charge is 2.18. The van der Waals surface area contributed by atoms with Crippen LogP contribution in [0.1, 0.15) is 21.5 Å². The Balaban J connectivity index is 1.52. The molecule has 0 aliphatic rings. The minimum atomic E-state index is -3.50. The first-order valence-corrected chi connectivity index (χ1v) is 12.0. The van der Waals surface area contributed by atoms with Gasteiger partial charge >= 0.3 is 0 Å². The van der Waals surface area contributed by atoms with E-state index in [0.29, 0.717) is 6.54 Å². The van der Waals surface area contributed by atoms with Gasteiger partial charge in [0.05, 0.1) is 17.0 Å². The number of hydrogen-bond donors (Lipinski definition) is 1. The zero-order valence-corrected chi connectivity index (χ0v) is 18.4. The van der Waals surface area contributed by atoms with Gasteiger partial charge in [0.15, 0.2) is 9.84 Å². The first kappa shape index (κ1) is 21.5. The number of hydrogen-bond acceptors (Lipinski definition) is 4. The maximum Gasteiger partial charge on any atom is 0.252 e. The molecule has 0 radical (unpaired) electrons. The molecule has 0 atom stereocenters. The third kappa shape index (κ3) is 4.95. The molecule has 4 aromatic rings. The Bertz CT molecular complexity index is 1330. The minimum absolute atomic E-state index is 0.0264. The Morgan fingerprint density at radius 1 is 0.938 bits per heavy atom. The van der Waals surface area contributed by atoms with Crippen LogP contribution in [0.5, 0.6) is 0 Å². The van der Waals surface area contributed by atoms with Crippen molar-refractivity contribution in [3.63, 3.8) is 0 Å². The summed E-state index contributed by atoms with van der Waals surface area (Å²) in [6, 6.07) is 24.2. The lowest BCUT2D eigenvalue weighted by Gasteiger charge is -2.13. The fraction of sp³-hybridized carbons (Fsp3) is 0.120. The number of nitrogens with zero attached hydrogens (tertiary/aromatic N) is 2. The summed E-state index contributed by atoms with van der Waals surface area (Å²) in [5.74, 6) is -0.421. The van der Waals surface area contributed by atoms with E-state index in [1.807, 2.05) is 41.2 Å². The van der Waals surface area contributed by atoms with E-state index < -0.39 is 15.7 Å². The SMILES string of the molecule is CS(=O)(=O)c1ccccc1C(=O)NCc1ccccc1-c1ccc(Cn2cccn2)cc1. The van der Waals surface area contributed by atoms with Gasteiger partial charge in [-0.05, 0) is 40.5 Å². The number of benzene rings is 3. The lowest BCUT2D eigenvalue weighted by molar-refractivity contribution is 0.0947. The Kier molecular flexibility index (Phi) is 6.18. The van der Waals surface area contributed by atoms with Crippen LogP contribution in [0, 0.1) is 0 Å². The number of carbonyl (C=O) groups excluding carboxylic acids is 1. The van der Waals surface area contributed by atoms with Crippen LogP contribution in [-0.4, -0.2) is 30.4 Å². The number of aromatic nitrogens is 2. The molecule has 1 aromatic heterocycles. The van der Waals surface area contributed by atoms with Crippen molar-refractivity contribution in [3.05, 3.63) is 108 Å². The summed E-state index contributed by atoms with van der Waals surface area (Å²) >= 11 is 0. The van der Waals surface area contributed by atoms with Crippen LogP contribution in [0.2, 0.25) is 0 Å². The Labute approximate surface area is 187 Å². The smallest absolute Gasteiger partial charge is 0.252 e. The molecule has 0 saturated heterocycles. The standard InChI is InChI=1S/C25H23N3O3S/c1-32(30,31)24-10-5-4-9-23(24)25(29)26-17-21-7-2-3-8-22(21)20-13-11-19(12-14-20)18-28-16-6-15-27-28/h2-16H,17-18H2,1H3,(H,26,29). The number of amides is 1. The summed E-state index contributed by atoms with van der Waals surface area (Å²) in [6.45, 7) is 0.979. The maximum absolute atomic E-state index is 12.7. The Morgan fingerprint density at radius 3 is 2.38 bits per heavy atom. The van der Waals surface area contributed by atoms with Gasteiger partial charge in [-0.3, -0.25) is 9.48 Å². The van der Waals surface area contributed by atoms with Crippen LogP contribution in [0.3, 0.4) is 0 Å². The zero-order chi connectivity index (χ0) is 22.6. The van der Waals surface area contributed by atoms with Crippen molar-refractivity contribution in [2.24, 2.45) is 0 Å². The molecule has 1 N–H and O–H groups in total. The van der Waals surface area contributed by atoms with Gasteiger partial charge in [0.1, 0.15) is 0 Å². The molecular formula is C25H23N3O3S. The molecule has 0 bridgehead atoms. The van der Waals surface area contributed by atoms with Crippen molar-refractivity contribution < 1.29 is 13.2 Å². The minimum Gasteiger partial charge on any atom is -0.348 e. The molecule has 0 aliphatic carbocycles. The molecule has 0 unspecified atom stereocenters. The van der Waals surface area contributed by atoms with Gasteiger partial charge in [-0.15, -0.1) is 0 Å². The molecule has 0 spiro atoms. The van der Waals surface area contributed by atoms with Gasteiger partial charge < -0.3 is 5.32 Å².